The summed E-state index contributed by atoms with van der Waals surface area (Å²) in [4.78, 5) is 25.6. The number of nitrogens with zero attached hydrogens (tertiary/aromatic N) is 1. The van der Waals surface area contributed by atoms with Crippen LogP contribution < -0.4 is 5.32 Å². The lowest BCUT2D eigenvalue weighted by atomic mass is 9.98. The fraction of sp³-hybridized carbons (Fsp3) is 0.360. The molecule has 10 heteroatoms. The molecule has 5 rings (SSSR count). The Bertz CT molecular complexity index is 1350. The first-order valence-corrected chi connectivity index (χ1v) is 13.3. The zero-order chi connectivity index (χ0) is 24.7. The van der Waals surface area contributed by atoms with Gasteiger partial charge < -0.3 is 15.2 Å². The molecule has 2 N–H and O–H groups in total. The number of aliphatic carboxylic acids is 1. The molecule has 0 radical (unpaired) electrons. The predicted molar refractivity (Wildman–Crippen MR) is 127 cm³/mol. The van der Waals surface area contributed by atoms with Gasteiger partial charge in [0.25, 0.3) is 5.91 Å². The maximum Gasteiger partial charge on any atom is 0.303 e. The topological polar surface area (TPSA) is 113 Å². The van der Waals surface area contributed by atoms with Gasteiger partial charge in [-0.2, -0.15) is 0 Å². The summed E-state index contributed by atoms with van der Waals surface area (Å²) in [6.07, 6.45) is 0.987. The second-order valence-corrected chi connectivity index (χ2v) is 11.4. The van der Waals surface area contributed by atoms with Gasteiger partial charge in [0.05, 0.1) is 17.1 Å². The van der Waals surface area contributed by atoms with E-state index in [1.807, 2.05) is 23.1 Å². The first kappa shape index (κ1) is 23.5. The molecule has 0 aromatic heterocycles. The molecule has 0 bridgehead atoms. The molecular formula is C25H25FN2O6S. The van der Waals surface area contributed by atoms with Crippen LogP contribution in [0.15, 0.2) is 36.4 Å². The summed E-state index contributed by atoms with van der Waals surface area (Å²) in [5.41, 5.74) is 3.90. The molecule has 3 aliphatic heterocycles. The fourth-order valence-electron chi connectivity index (χ4n) is 5.01. The number of nitrogens with one attached hydrogen (secondary N) is 1. The van der Waals surface area contributed by atoms with Gasteiger partial charge in [0, 0.05) is 41.4 Å². The van der Waals surface area contributed by atoms with Crippen molar-refractivity contribution in [1.29, 1.82) is 0 Å². The van der Waals surface area contributed by atoms with Crippen LogP contribution in [0.2, 0.25) is 0 Å². The summed E-state index contributed by atoms with van der Waals surface area (Å²) in [5, 5.41) is 11.7. The van der Waals surface area contributed by atoms with E-state index in [4.69, 9.17) is 9.84 Å². The normalized spacial score (nSPS) is 22.1. The van der Waals surface area contributed by atoms with Crippen molar-refractivity contribution in [3.63, 3.8) is 0 Å². The minimum absolute atomic E-state index is 0.0229. The van der Waals surface area contributed by atoms with Crippen molar-refractivity contribution in [3.05, 3.63) is 64.5 Å². The quantitative estimate of drug-likeness (QED) is 0.562. The van der Waals surface area contributed by atoms with Crippen LogP contribution in [0.5, 0.6) is 0 Å². The smallest absolute Gasteiger partial charge is 0.303 e. The summed E-state index contributed by atoms with van der Waals surface area (Å²) in [7, 11) is -3.08. The van der Waals surface area contributed by atoms with Crippen molar-refractivity contribution >= 4 is 38.7 Å². The van der Waals surface area contributed by atoms with Gasteiger partial charge in [-0.25, -0.2) is 12.8 Å². The molecule has 8 nitrogen and oxygen atoms in total. The van der Waals surface area contributed by atoms with Crippen LogP contribution >= 0.6 is 0 Å². The van der Waals surface area contributed by atoms with Crippen molar-refractivity contribution in [2.24, 2.45) is 0 Å². The van der Waals surface area contributed by atoms with Crippen LogP contribution in [0.1, 0.15) is 41.5 Å². The Kier molecular flexibility index (Phi) is 6.10. The van der Waals surface area contributed by atoms with Crippen LogP contribution in [0, 0.1) is 5.82 Å². The zero-order valence-electron chi connectivity index (χ0n) is 18.9. The van der Waals surface area contributed by atoms with Crippen molar-refractivity contribution in [3.8, 4) is 0 Å². The van der Waals surface area contributed by atoms with Gasteiger partial charge in [-0.15, -0.1) is 0 Å². The van der Waals surface area contributed by atoms with Gasteiger partial charge in [0.15, 0.2) is 9.84 Å². The first-order valence-electron chi connectivity index (χ1n) is 11.5. The maximum atomic E-state index is 13.9. The van der Waals surface area contributed by atoms with Crippen LogP contribution in [-0.4, -0.2) is 54.4 Å². The second kappa shape index (κ2) is 9.09. The van der Waals surface area contributed by atoms with E-state index in [2.05, 4.69) is 5.32 Å². The molecule has 1 atom stereocenters. The highest BCUT2D eigenvalue weighted by Crippen LogP contribution is 2.42. The van der Waals surface area contributed by atoms with E-state index in [1.54, 1.807) is 0 Å². The summed E-state index contributed by atoms with van der Waals surface area (Å²) in [6.45, 7) is 1.22. The number of halogens is 1. The van der Waals surface area contributed by atoms with Crippen LogP contribution in [0.25, 0.3) is 11.3 Å². The van der Waals surface area contributed by atoms with Gasteiger partial charge in [0.1, 0.15) is 18.2 Å². The number of carboxylic acid groups (broad SMARTS) is 1. The number of sulfone groups is 1. The van der Waals surface area contributed by atoms with E-state index in [0.717, 1.165) is 16.7 Å². The monoisotopic (exact) mass is 500 g/mol. The number of carbonyl (C=O) groups excluding carboxylic acids is 1. The number of ether oxygens (including phenoxy) is 1. The van der Waals surface area contributed by atoms with E-state index in [1.165, 1.54) is 18.2 Å². The Balaban J connectivity index is 1.41. The fourth-order valence-corrected chi connectivity index (χ4v) is 6.77. The number of hydrogen-bond acceptors (Lipinski definition) is 6. The first-order chi connectivity index (χ1) is 16.7. The molecule has 2 aromatic carbocycles. The average molecular weight is 501 g/mol. The highest BCUT2D eigenvalue weighted by atomic mass is 32.2. The number of carbonyl (C=O) groups is 2. The largest absolute Gasteiger partial charge is 0.487 e. The molecule has 3 heterocycles. The van der Waals surface area contributed by atoms with Gasteiger partial charge in [-0.1, -0.05) is 18.2 Å². The molecule has 1 unspecified atom stereocenters. The number of anilines is 1. The van der Waals surface area contributed by atoms with E-state index in [0.29, 0.717) is 48.5 Å². The minimum Gasteiger partial charge on any atom is -0.487 e. The zero-order valence-corrected chi connectivity index (χ0v) is 19.7. The van der Waals surface area contributed by atoms with Gasteiger partial charge in [0.2, 0.25) is 0 Å². The summed E-state index contributed by atoms with van der Waals surface area (Å²) < 4.78 is 43.8. The molecule has 35 heavy (non-hydrogen) atoms. The number of benzene rings is 2. The van der Waals surface area contributed by atoms with Gasteiger partial charge in [-0.3, -0.25) is 14.5 Å². The van der Waals surface area contributed by atoms with Crippen molar-refractivity contribution in [1.82, 2.24) is 4.90 Å². The molecule has 1 saturated heterocycles. The van der Waals surface area contributed by atoms with Crippen LogP contribution in [0.3, 0.4) is 0 Å². The SMILES string of the molecule is O=C(O)CCCN(Cc1ccc2c(c1)CO/C2=C1/C(=O)Nc2ccc(F)cc21)C1CCS(=O)(=O)C1. The summed E-state index contributed by atoms with van der Waals surface area (Å²) >= 11 is 0. The molecule has 1 fully saturated rings. The highest BCUT2D eigenvalue weighted by molar-refractivity contribution is 7.91. The van der Waals surface area contributed by atoms with Crippen molar-refractivity contribution < 1.29 is 32.2 Å². The molecule has 3 aliphatic rings. The molecule has 0 spiro atoms. The molecule has 2 aromatic rings. The summed E-state index contributed by atoms with van der Waals surface area (Å²) in [6, 6.07) is 9.72. The van der Waals surface area contributed by atoms with Crippen LogP contribution in [0.4, 0.5) is 10.1 Å². The lowest BCUT2D eigenvalue weighted by Crippen LogP contribution is -2.36. The lowest BCUT2D eigenvalue weighted by Gasteiger charge is -2.28. The Labute approximate surface area is 202 Å². The third kappa shape index (κ3) is 4.81. The van der Waals surface area contributed by atoms with E-state index < -0.39 is 21.6 Å². The Morgan fingerprint density at radius 3 is 2.77 bits per heavy atom. The predicted octanol–water partition coefficient (Wildman–Crippen LogP) is 3.03. The number of carboxylic acids is 1. The minimum atomic E-state index is -3.08. The third-order valence-corrected chi connectivity index (χ3v) is 8.44. The second-order valence-electron chi connectivity index (χ2n) is 9.15. The Hall–Kier alpha value is -3.24. The van der Waals surface area contributed by atoms with Gasteiger partial charge in [-0.05, 0) is 43.1 Å². The van der Waals surface area contributed by atoms with Crippen molar-refractivity contribution in [2.75, 3.05) is 23.4 Å². The molecule has 0 aliphatic carbocycles. The lowest BCUT2D eigenvalue weighted by molar-refractivity contribution is -0.137. The molecular weight excluding hydrogens is 475 g/mol. The molecule has 184 valence electrons. The van der Waals surface area contributed by atoms with E-state index >= 15 is 0 Å². The van der Waals surface area contributed by atoms with Crippen LogP contribution in [-0.2, 0) is 37.3 Å². The van der Waals surface area contributed by atoms with E-state index in [9.17, 15) is 22.4 Å². The van der Waals surface area contributed by atoms with Gasteiger partial charge >= 0.3 is 5.97 Å². The number of fused-ring (bicyclic) bond motifs is 2. The standard InChI is InChI=1S/C25H25FN2O6S/c26-17-4-6-21-20(11-17)23(25(31)27-21)24-19-5-3-15(10-16(19)13-34-24)12-28(8-1-2-22(29)30)18-7-9-35(32,33)14-18/h3-6,10-11,18H,1-2,7-9,12-14H2,(H,27,31)(H,29,30)/b24-23+. The number of rotatable bonds is 7. The number of hydrogen-bond donors (Lipinski definition) is 2. The molecule has 0 saturated carbocycles. The summed E-state index contributed by atoms with van der Waals surface area (Å²) in [5.74, 6) is -1.03. The highest BCUT2D eigenvalue weighted by Gasteiger charge is 2.34. The van der Waals surface area contributed by atoms with E-state index in [-0.39, 0.29) is 36.5 Å². The maximum absolute atomic E-state index is 13.9. The average Bonchev–Trinajstić information content (AvgIpc) is 3.46. The third-order valence-electron chi connectivity index (χ3n) is 6.69. The Morgan fingerprint density at radius 2 is 2.03 bits per heavy atom. The Morgan fingerprint density at radius 1 is 1.20 bits per heavy atom. The molecule has 1 amide bonds. The number of amides is 1. The van der Waals surface area contributed by atoms with Crippen molar-refractivity contribution in [2.45, 2.75) is 38.5 Å².